The number of para-hydroxylation sites is 1. The van der Waals surface area contributed by atoms with Crippen LogP contribution in [-0.4, -0.2) is 18.4 Å². The summed E-state index contributed by atoms with van der Waals surface area (Å²) in [5, 5.41) is 2.90. The third kappa shape index (κ3) is 3.82. The highest BCUT2D eigenvalue weighted by Gasteiger charge is 2.23. The number of benzene rings is 2. The van der Waals surface area contributed by atoms with Crippen molar-refractivity contribution in [3.63, 3.8) is 0 Å². The van der Waals surface area contributed by atoms with Crippen LogP contribution < -0.4 is 10.2 Å². The van der Waals surface area contributed by atoms with Gasteiger partial charge in [0.25, 0.3) is 0 Å². The molecule has 0 bridgehead atoms. The minimum Gasteiger partial charge on any atom is -0.350 e. The zero-order valence-corrected chi connectivity index (χ0v) is 13.9. The molecule has 1 aliphatic rings. The first kappa shape index (κ1) is 16.2. The van der Waals surface area contributed by atoms with E-state index in [0.29, 0.717) is 13.0 Å². The van der Waals surface area contributed by atoms with E-state index in [4.69, 9.17) is 0 Å². The maximum Gasteiger partial charge on any atom is 0.240 e. The van der Waals surface area contributed by atoms with Crippen LogP contribution in [0.25, 0.3) is 0 Å². The summed E-state index contributed by atoms with van der Waals surface area (Å²) >= 11 is 0. The molecule has 0 atom stereocenters. The molecule has 0 fully saturated rings. The van der Waals surface area contributed by atoms with Crippen LogP contribution in [0.15, 0.2) is 48.5 Å². The minimum absolute atomic E-state index is 0.0189. The van der Waals surface area contributed by atoms with Crippen LogP contribution in [0.5, 0.6) is 0 Å². The Morgan fingerprint density at radius 3 is 2.62 bits per heavy atom. The van der Waals surface area contributed by atoms with Gasteiger partial charge >= 0.3 is 0 Å². The van der Waals surface area contributed by atoms with Crippen molar-refractivity contribution >= 4 is 17.5 Å². The lowest BCUT2D eigenvalue weighted by atomic mass is 10.1. The Balaban J connectivity index is 1.66. The first-order valence-electron chi connectivity index (χ1n) is 8.34. The van der Waals surface area contributed by atoms with Gasteiger partial charge in [-0.15, -0.1) is 0 Å². The van der Waals surface area contributed by atoms with Crippen molar-refractivity contribution < 1.29 is 9.59 Å². The lowest BCUT2D eigenvalue weighted by Gasteiger charge is -2.22. The second-order valence-electron chi connectivity index (χ2n) is 6.22. The molecule has 1 heterocycles. The molecule has 0 saturated heterocycles. The van der Waals surface area contributed by atoms with Gasteiger partial charge in [-0.25, -0.2) is 0 Å². The number of anilines is 1. The maximum absolute atomic E-state index is 12.4. The molecule has 1 aliphatic heterocycles. The van der Waals surface area contributed by atoms with Crippen molar-refractivity contribution in [2.45, 2.75) is 32.7 Å². The van der Waals surface area contributed by atoms with Crippen molar-refractivity contribution in [1.82, 2.24) is 5.32 Å². The van der Waals surface area contributed by atoms with E-state index in [2.05, 4.69) is 5.32 Å². The van der Waals surface area contributed by atoms with E-state index < -0.39 is 0 Å². The van der Waals surface area contributed by atoms with E-state index in [-0.39, 0.29) is 18.4 Å². The number of aryl methyl sites for hydroxylation is 2. The van der Waals surface area contributed by atoms with Gasteiger partial charge in [-0.3, -0.25) is 9.59 Å². The van der Waals surface area contributed by atoms with E-state index >= 15 is 0 Å². The Hall–Kier alpha value is -2.62. The summed E-state index contributed by atoms with van der Waals surface area (Å²) in [4.78, 5) is 26.3. The van der Waals surface area contributed by atoms with E-state index in [0.717, 1.165) is 29.7 Å². The van der Waals surface area contributed by atoms with E-state index in [9.17, 15) is 9.59 Å². The summed E-state index contributed by atoms with van der Waals surface area (Å²) in [6, 6.07) is 15.9. The standard InChI is InChI=1S/C20H22N2O2/c1-15-9-11-16(12-10-15)13-21-19(23)14-22-18-7-3-2-5-17(18)6-4-8-20(22)24/h2-3,5,7,9-12H,4,6,8,13-14H2,1H3,(H,21,23). The molecule has 2 aromatic rings. The Morgan fingerprint density at radius 2 is 1.83 bits per heavy atom. The van der Waals surface area contributed by atoms with Gasteiger partial charge in [0.05, 0.1) is 0 Å². The number of hydrogen-bond acceptors (Lipinski definition) is 2. The number of hydrogen-bond donors (Lipinski definition) is 1. The van der Waals surface area contributed by atoms with E-state index in [1.54, 1.807) is 4.90 Å². The molecule has 0 unspecified atom stereocenters. The normalized spacial score (nSPS) is 14.0. The fraction of sp³-hybridized carbons (Fsp3) is 0.300. The number of nitrogens with one attached hydrogen (secondary N) is 1. The van der Waals surface area contributed by atoms with Crippen LogP contribution in [0.4, 0.5) is 5.69 Å². The summed E-state index contributed by atoms with van der Waals surface area (Å²) in [5.74, 6) is -0.119. The molecule has 0 radical (unpaired) electrons. The van der Waals surface area contributed by atoms with Gasteiger partial charge in [-0.05, 0) is 37.0 Å². The lowest BCUT2D eigenvalue weighted by molar-refractivity contribution is -0.123. The molecule has 4 nitrogen and oxygen atoms in total. The van der Waals surface area contributed by atoms with E-state index in [1.807, 2.05) is 55.5 Å². The van der Waals surface area contributed by atoms with Gasteiger partial charge in [0.15, 0.2) is 0 Å². The number of carbonyl (C=O) groups excluding carboxylic acids is 2. The second kappa shape index (κ2) is 7.30. The van der Waals surface area contributed by atoms with Crippen LogP contribution in [0.2, 0.25) is 0 Å². The average Bonchev–Trinajstić information content (AvgIpc) is 2.74. The third-order valence-electron chi connectivity index (χ3n) is 4.33. The van der Waals surface area contributed by atoms with Gasteiger partial charge in [0, 0.05) is 18.7 Å². The number of nitrogens with zero attached hydrogens (tertiary/aromatic N) is 1. The van der Waals surface area contributed by atoms with Crippen LogP contribution in [-0.2, 0) is 22.6 Å². The smallest absolute Gasteiger partial charge is 0.240 e. The predicted molar refractivity (Wildman–Crippen MR) is 94.8 cm³/mol. The molecule has 0 aromatic heterocycles. The largest absolute Gasteiger partial charge is 0.350 e. The molecular weight excluding hydrogens is 300 g/mol. The summed E-state index contributed by atoms with van der Waals surface area (Å²) < 4.78 is 0. The van der Waals surface area contributed by atoms with Crippen LogP contribution in [0.3, 0.4) is 0 Å². The topological polar surface area (TPSA) is 49.4 Å². The zero-order valence-electron chi connectivity index (χ0n) is 13.9. The molecule has 0 aliphatic carbocycles. The Bertz CT molecular complexity index is 738. The number of rotatable bonds is 4. The number of fused-ring (bicyclic) bond motifs is 1. The molecule has 4 heteroatoms. The van der Waals surface area contributed by atoms with Gasteiger partial charge in [0.1, 0.15) is 6.54 Å². The minimum atomic E-state index is -0.138. The summed E-state index contributed by atoms with van der Waals surface area (Å²) in [5.41, 5.74) is 4.24. The Morgan fingerprint density at radius 1 is 1.08 bits per heavy atom. The van der Waals surface area contributed by atoms with Crippen molar-refractivity contribution in [3.05, 3.63) is 65.2 Å². The average molecular weight is 322 g/mol. The van der Waals surface area contributed by atoms with Crippen LogP contribution >= 0.6 is 0 Å². The molecule has 124 valence electrons. The van der Waals surface area contributed by atoms with Crippen LogP contribution in [0, 0.1) is 6.92 Å². The van der Waals surface area contributed by atoms with E-state index in [1.165, 1.54) is 5.56 Å². The molecule has 24 heavy (non-hydrogen) atoms. The van der Waals surface area contributed by atoms with Crippen molar-refractivity contribution in [3.8, 4) is 0 Å². The molecule has 1 N–H and O–H groups in total. The van der Waals surface area contributed by atoms with Crippen molar-refractivity contribution in [1.29, 1.82) is 0 Å². The highest BCUT2D eigenvalue weighted by molar-refractivity contribution is 5.99. The van der Waals surface area contributed by atoms with Crippen molar-refractivity contribution in [2.75, 3.05) is 11.4 Å². The SMILES string of the molecule is Cc1ccc(CNC(=O)CN2C(=O)CCCc3ccccc32)cc1. The number of carbonyl (C=O) groups is 2. The summed E-state index contributed by atoms with van der Waals surface area (Å²) in [6.45, 7) is 2.58. The molecular formula is C20H22N2O2. The number of amides is 2. The zero-order chi connectivity index (χ0) is 16.9. The summed E-state index contributed by atoms with van der Waals surface area (Å²) in [6.07, 6.45) is 2.20. The fourth-order valence-corrected chi connectivity index (χ4v) is 2.96. The first-order chi connectivity index (χ1) is 11.6. The maximum atomic E-state index is 12.4. The molecule has 3 rings (SSSR count). The highest BCUT2D eigenvalue weighted by Crippen LogP contribution is 2.26. The van der Waals surface area contributed by atoms with Gasteiger partial charge in [0.2, 0.25) is 11.8 Å². The molecule has 2 amide bonds. The fourth-order valence-electron chi connectivity index (χ4n) is 2.96. The van der Waals surface area contributed by atoms with Crippen LogP contribution in [0.1, 0.15) is 29.5 Å². The predicted octanol–water partition coefficient (Wildman–Crippen LogP) is 2.98. The quantitative estimate of drug-likeness (QED) is 0.941. The lowest BCUT2D eigenvalue weighted by Crippen LogP contribution is -2.40. The van der Waals surface area contributed by atoms with Gasteiger partial charge in [-0.2, -0.15) is 0 Å². The van der Waals surface area contributed by atoms with Gasteiger partial charge in [-0.1, -0.05) is 48.0 Å². The first-order valence-corrected chi connectivity index (χ1v) is 8.34. The molecule has 0 saturated carbocycles. The van der Waals surface area contributed by atoms with Gasteiger partial charge < -0.3 is 10.2 Å². The second-order valence-corrected chi connectivity index (χ2v) is 6.22. The Kier molecular flexibility index (Phi) is 4.94. The third-order valence-corrected chi connectivity index (χ3v) is 4.33. The van der Waals surface area contributed by atoms with Crippen molar-refractivity contribution in [2.24, 2.45) is 0 Å². The molecule has 2 aromatic carbocycles. The Labute approximate surface area is 142 Å². The monoisotopic (exact) mass is 322 g/mol. The molecule has 0 spiro atoms. The summed E-state index contributed by atoms with van der Waals surface area (Å²) in [7, 11) is 0. The highest BCUT2D eigenvalue weighted by atomic mass is 16.2.